The third kappa shape index (κ3) is 3.66. The molecule has 0 bridgehead atoms. The molecule has 0 unspecified atom stereocenters. The van der Waals surface area contributed by atoms with Crippen LogP contribution in [-0.2, 0) is 11.3 Å². The average molecular weight is 394 g/mol. The number of carbonyl (C=O) groups excluding carboxylic acids is 1. The number of esters is 1. The van der Waals surface area contributed by atoms with Crippen molar-refractivity contribution >= 4 is 40.5 Å². The van der Waals surface area contributed by atoms with Gasteiger partial charge in [-0.3, -0.25) is 19.3 Å². The fraction of sp³-hybridized carbons (Fsp3) is 0.0625. The highest BCUT2D eigenvalue weighted by Crippen LogP contribution is 2.24. The van der Waals surface area contributed by atoms with Crippen molar-refractivity contribution in [3.63, 3.8) is 0 Å². The van der Waals surface area contributed by atoms with Gasteiger partial charge in [-0.05, 0) is 24.3 Å². The molecule has 0 atom stereocenters. The molecule has 10 heteroatoms. The second-order valence-electron chi connectivity index (χ2n) is 5.16. The molecule has 0 aliphatic heterocycles. The highest BCUT2D eigenvalue weighted by atomic mass is 35.5. The molecule has 0 aliphatic rings. The van der Waals surface area contributed by atoms with E-state index in [4.69, 9.17) is 27.9 Å². The summed E-state index contributed by atoms with van der Waals surface area (Å²) in [4.78, 5) is 38.7. The topological polar surface area (TPSA) is 104 Å². The number of nitro groups is 1. The largest absolute Gasteiger partial charge is 0.455 e. The van der Waals surface area contributed by atoms with Gasteiger partial charge in [-0.1, -0.05) is 23.2 Å². The molecule has 0 saturated heterocycles. The number of ether oxygens (including phenoxy) is 1. The molecule has 0 N–H and O–H groups in total. The standard InChI is InChI=1S/C16H9Cl2N3O5/c17-9-1-3-12(13(5-9)21(24)25)16(23)26-8-11-6-15(22)20-7-10(18)2-4-14(20)19-11/h1-7H,8H2. The monoisotopic (exact) mass is 393 g/mol. The number of hydrogen-bond acceptors (Lipinski definition) is 6. The Morgan fingerprint density at radius 2 is 1.92 bits per heavy atom. The van der Waals surface area contributed by atoms with Crippen LogP contribution in [0.2, 0.25) is 10.0 Å². The van der Waals surface area contributed by atoms with Crippen molar-refractivity contribution in [2.75, 3.05) is 0 Å². The maximum absolute atomic E-state index is 12.1. The Labute approximate surface area is 155 Å². The maximum atomic E-state index is 12.1. The molecule has 1 aromatic carbocycles. The summed E-state index contributed by atoms with van der Waals surface area (Å²) in [6, 6.07) is 7.90. The number of nitrogens with zero attached hydrogens (tertiary/aromatic N) is 3. The van der Waals surface area contributed by atoms with Gasteiger partial charge in [0, 0.05) is 23.4 Å². The first-order valence-corrected chi connectivity index (χ1v) is 7.89. The van der Waals surface area contributed by atoms with Gasteiger partial charge in [-0.25, -0.2) is 9.78 Å². The molecule has 0 fully saturated rings. The van der Waals surface area contributed by atoms with Gasteiger partial charge < -0.3 is 4.74 Å². The first-order chi connectivity index (χ1) is 12.3. The summed E-state index contributed by atoms with van der Waals surface area (Å²) in [6.45, 7) is -0.326. The fourth-order valence-electron chi connectivity index (χ4n) is 2.25. The van der Waals surface area contributed by atoms with Crippen LogP contribution in [0.15, 0.2) is 47.4 Å². The van der Waals surface area contributed by atoms with Gasteiger partial charge in [0.2, 0.25) is 0 Å². The van der Waals surface area contributed by atoms with E-state index in [1.54, 1.807) is 12.1 Å². The minimum atomic E-state index is -0.925. The van der Waals surface area contributed by atoms with Crippen LogP contribution in [-0.4, -0.2) is 20.3 Å². The predicted octanol–water partition coefficient (Wildman–Crippen LogP) is 3.27. The van der Waals surface area contributed by atoms with Crippen LogP contribution < -0.4 is 5.56 Å². The Bertz CT molecular complexity index is 1100. The number of hydrogen-bond donors (Lipinski definition) is 0. The van der Waals surface area contributed by atoms with Gasteiger partial charge in [-0.15, -0.1) is 0 Å². The van der Waals surface area contributed by atoms with E-state index in [0.29, 0.717) is 10.7 Å². The summed E-state index contributed by atoms with van der Waals surface area (Å²) in [5.41, 5.74) is -0.596. The van der Waals surface area contributed by atoms with Gasteiger partial charge in [-0.2, -0.15) is 0 Å². The molecule has 0 amide bonds. The van der Waals surface area contributed by atoms with Crippen LogP contribution in [0.25, 0.3) is 5.65 Å². The summed E-state index contributed by atoms with van der Waals surface area (Å²) in [6.07, 6.45) is 1.42. The summed E-state index contributed by atoms with van der Waals surface area (Å²) in [7, 11) is 0. The Morgan fingerprint density at radius 1 is 1.19 bits per heavy atom. The van der Waals surface area contributed by atoms with Crippen molar-refractivity contribution in [3.8, 4) is 0 Å². The lowest BCUT2D eigenvalue weighted by molar-refractivity contribution is -0.385. The van der Waals surface area contributed by atoms with Crippen molar-refractivity contribution in [1.29, 1.82) is 0 Å². The molecule has 132 valence electrons. The molecule has 0 aliphatic carbocycles. The van der Waals surface area contributed by atoms with Gasteiger partial charge in [0.25, 0.3) is 11.2 Å². The summed E-state index contributed by atoms with van der Waals surface area (Å²) in [5, 5.41) is 11.5. The number of rotatable bonds is 4. The molecular weight excluding hydrogens is 385 g/mol. The predicted molar refractivity (Wildman–Crippen MR) is 93.7 cm³/mol. The number of halogens is 2. The molecular formula is C16H9Cl2N3O5. The van der Waals surface area contributed by atoms with Crippen LogP contribution in [0, 0.1) is 10.1 Å². The third-order valence-electron chi connectivity index (χ3n) is 3.40. The first kappa shape index (κ1) is 17.8. The normalized spacial score (nSPS) is 10.7. The van der Waals surface area contributed by atoms with Crippen molar-refractivity contribution in [3.05, 3.63) is 84.4 Å². The summed E-state index contributed by atoms with van der Waals surface area (Å²) >= 11 is 11.5. The second-order valence-corrected chi connectivity index (χ2v) is 6.03. The minimum Gasteiger partial charge on any atom is -0.455 e. The van der Waals surface area contributed by atoms with E-state index in [2.05, 4.69) is 4.98 Å². The van der Waals surface area contributed by atoms with E-state index in [1.165, 1.54) is 28.8 Å². The molecule has 3 aromatic rings. The average Bonchev–Trinajstić information content (AvgIpc) is 2.60. The van der Waals surface area contributed by atoms with Gasteiger partial charge in [0.05, 0.1) is 15.6 Å². The van der Waals surface area contributed by atoms with E-state index in [-0.39, 0.29) is 22.9 Å². The molecule has 3 rings (SSSR count). The van der Waals surface area contributed by atoms with Crippen molar-refractivity contribution in [2.24, 2.45) is 0 Å². The van der Waals surface area contributed by atoms with Crippen LogP contribution in [0.1, 0.15) is 16.1 Å². The highest BCUT2D eigenvalue weighted by Gasteiger charge is 2.22. The van der Waals surface area contributed by atoms with E-state index in [0.717, 1.165) is 6.07 Å². The molecule has 26 heavy (non-hydrogen) atoms. The number of pyridine rings is 1. The van der Waals surface area contributed by atoms with E-state index < -0.39 is 22.1 Å². The summed E-state index contributed by atoms with van der Waals surface area (Å²) in [5.74, 6) is -0.925. The first-order valence-electron chi connectivity index (χ1n) is 7.14. The Morgan fingerprint density at radius 3 is 2.65 bits per heavy atom. The lowest BCUT2D eigenvalue weighted by atomic mass is 10.2. The third-order valence-corrected chi connectivity index (χ3v) is 3.86. The van der Waals surface area contributed by atoms with Crippen LogP contribution in [0.5, 0.6) is 0 Å². The smallest absolute Gasteiger partial charge is 0.345 e. The molecule has 2 aromatic heterocycles. The fourth-order valence-corrected chi connectivity index (χ4v) is 2.57. The SMILES string of the molecule is O=C(OCc1cc(=O)n2cc(Cl)ccc2n1)c1ccc(Cl)cc1[N+](=O)[O-]. The highest BCUT2D eigenvalue weighted by molar-refractivity contribution is 6.31. The number of carbonyl (C=O) groups is 1. The van der Waals surface area contributed by atoms with E-state index >= 15 is 0 Å². The van der Waals surface area contributed by atoms with Crippen LogP contribution in [0.3, 0.4) is 0 Å². The number of benzene rings is 1. The molecule has 8 nitrogen and oxygen atoms in total. The Balaban J connectivity index is 1.84. The molecule has 0 saturated carbocycles. The number of aromatic nitrogens is 2. The maximum Gasteiger partial charge on any atom is 0.345 e. The van der Waals surface area contributed by atoms with Crippen LogP contribution in [0.4, 0.5) is 5.69 Å². The number of nitro benzene ring substituents is 1. The van der Waals surface area contributed by atoms with Gasteiger partial charge in [0.15, 0.2) is 0 Å². The van der Waals surface area contributed by atoms with Crippen molar-refractivity contribution < 1.29 is 14.5 Å². The zero-order valence-corrected chi connectivity index (χ0v) is 14.4. The molecule has 0 radical (unpaired) electrons. The zero-order valence-electron chi connectivity index (χ0n) is 12.9. The minimum absolute atomic E-state index is 0.121. The van der Waals surface area contributed by atoms with Crippen molar-refractivity contribution in [1.82, 2.24) is 9.38 Å². The zero-order chi connectivity index (χ0) is 18.8. The lowest BCUT2D eigenvalue weighted by Gasteiger charge is -2.07. The molecule has 2 heterocycles. The van der Waals surface area contributed by atoms with E-state index in [1.807, 2.05) is 0 Å². The van der Waals surface area contributed by atoms with Crippen LogP contribution >= 0.6 is 23.2 Å². The summed E-state index contributed by atoms with van der Waals surface area (Å²) < 4.78 is 6.30. The lowest BCUT2D eigenvalue weighted by Crippen LogP contribution is -2.16. The quantitative estimate of drug-likeness (QED) is 0.382. The van der Waals surface area contributed by atoms with Gasteiger partial charge >= 0.3 is 5.97 Å². The Hall–Kier alpha value is -2.97. The van der Waals surface area contributed by atoms with Gasteiger partial charge in [0.1, 0.15) is 17.8 Å². The molecule has 0 spiro atoms. The number of fused-ring (bicyclic) bond motifs is 1. The van der Waals surface area contributed by atoms with Crippen molar-refractivity contribution in [2.45, 2.75) is 6.61 Å². The second kappa shape index (κ2) is 7.11. The Kier molecular flexibility index (Phi) is 4.88. The van der Waals surface area contributed by atoms with E-state index in [9.17, 15) is 19.7 Å².